The standard InChI is InChI=1S/C20H34O3/c1-17(12-21)7-4-8-18(2)14-6-5-13-10-20(14,11-19(13,3)23)16(22)9-15(17)18/h13-16,21-23H,4-12H2,1-3H3/t13-,14+,15-,16+,17-,18+,19-,20-/m1/s1. The molecule has 3 N–H and O–H groups in total. The van der Waals surface area contributed by atoms with E-state index in [1.54, 1.807) is 0 Å². The highest BCUT2D eigenvalue weighted by atomic mass is 16.3. The van der Waals surface area contributed by atoms with Crippen LogP contribution in [0, 0.1) is 34.0 Å². The molecule has 4 aliphatic rings. The van der Waals surface area contributed by atoms with Gasteiger partial charge in [0.25, 0.3) is 0 Å². The van der Waals surface area contributed by atoms with E-state index in [0.717, 1.165) is 38.5 Å². The molecule has 8 atom stereocenters. The smallest absolute Gasteiger partial charge is 0.0654 e. The van der Waals surface area contributed by atoms with Gasteiger partial charge in [0.15, 0.2) is 0 Å². The van der Waals surface area contributed by atoms with E-state index in [2.05, 4.69) is 13.8 Å². The van der Waals surface area contributed by atoms with Crippen LogP contribution in [0.25, 0.3) is 0 Å². The van der Waals surface area contributed by atoms with E-state index in [9.17, 15) is 15.3 Å². The fourth-order valence-corrected chi connectivity index (χ4v) is 8.00. The second kappa shape index (κ2) is 4.74. The molecule has 23 heavy (non-hydrogen) atoms. The summed E-state index contributed by atoms with van der Waals surface area (Å²) >= 11 is 0. The van der Waals surface area contributed by atoms with Gasteiger partial charge in [0, 0.05) is 12.0 Å². The van der Waals surface area contributed by atoms with E-state index in [0.29, 0.717) is 17.8 Å². The molecule has 4 aliphatic carbocycles. The van der Waals surface area contributed by atoms with E-state index in [1.165, 1.54) is 12.8 Å². The molecule has 0 heterocycles. The zero-order valence-corrected chi connectivity index (χ0v) is 15.0. The predicted octanol–water partition coefficient (Wildman–Crippen LogP) is 3.11. The highest BCUT2D eigenvalue weighted by molar-refractivity contribution is 5.18. The third-order valence-electron chi connectivity index (χ3n) is 9.07. The van der Waals surface area contributed by atoms with Crippen LogP contribution in [-0.2, 0) is 0 Å². The van der Waals surface area contributed by atoms with Gasteiger partial charge < -0.3 is 15.3 Å². The summed E-state index contributed by atoms with van der Waals surface area (Å²) in [4.78, 5) is 0. The number of aliphatic hydroxyl groups excluding tert-OH is 2. The summed E-state index contributed by atoms with van der Waals surface area (Å²) in [5, 5.41) is 32.2. The molecule has 0 aromatic carbocycles. The van der Waals surface area contributed by atoms with Crippen molar-refractivity contribution in [2.45, 2.75) is 83.8 Å². The lowest BCUT2D eigenvalue weighted by molar-refractivity contribution is -0.206. The van der Waals surface area contributed by atoms with Gasteiger partial charge in [-0.05, 0) is 80.5 Å². The molecule has 4 saturated carbocycles. The summed E-state index contributed by atoms with van der Waals surface area (Å²) < 4.78 is 0. The van der Waals surface area contributed by atoms with Crippen molar-refractivity contribution in [2.75, 3.05) is 6.61 Å². The van der Waals surface area contributed by atoms with Gasteiger partial charge in [-0.1, -0.05) is 20.3 Å². The van der Waals surface area contributed by atoms with E-state index in [4.69, 9.17) is 0 Å². The largest absolute Gasteiger partial charge is 0.396 e. The number of hydrogen-bond acceptors (Lipinski definition) is 3. The zero-order chi connectivity index (χ0) is 16.7. The normalized spacial score (nSPS) is 61.8. The van der Waals surface area contributed by atoms with Crippen LogP contribution in [0.5, 0.6) is 0 Å². The van der Waals surface area contributed by atoms with Gasteiger partial charge in [-0.2, -0.15) is 0 Å². The Hall–Kier alpha value is -0.120. The molecule has 0 aliphatic heterocycles. The number of fused-ring (bicyclic) bond motifs is 3. The Morgan fingerprint density at radius 3 is 2.48 bits per heavy atom. The summed E-state index contributed by atoms with van der Waals surface area (Å²) in [5.74, 6) is 1.27. The molecule has 4 rings (SSSR count). The lowest BCUT2D eigenvalue weighted by atomic mass is 9.40. The lowest BCUT2D eigenvalue weighted by Crippen LogP contribution is -2.62. The Labute approximate surface area is 140 Å². The summed E-state index contributed by atoms with van der Waals surface area (Å²) in [7, 11) is 0. The van der Waals surface area contributed by atoms with Crippen LogP contribution in [-0.4, -0.2) is 33.6 Å². The molecule has 3 heteroatoms. The van der Waals surface area contributed by atoms with Crippen LogP contribution < -0.4 is 0 Å². The Morgan fingerprint density at radius 1 is 1.04 bits per heavy atom. The summed E-state index contributed by atoms with van der Waals surface area (Å²) in [5.41, 5.74) is -0.521. The van der Waals surface area contributed by atoms with Gasteiger partial charge in [0.05, 0.1) is 11.7 Å². The van der Waals surface area contributed by atoms with Crippen molar-refractivity contribution in [3.63, 3.8) is 0 Å². The number of aliphatic hydroxyl groups is 3. The first kappa shape index (κ1) is 16.4. The summed E-state index contributed by atoms with van der Waals surface area (Å²) in [6.45, 7) is 6.90. The quantitative estimate of drug-likeness (QED) is 0.695. The highest BCUT2D eigenvalue weighted by Gasteiger charge is 2.69. The minimum Gasteiger partial charge on any atom is -0.396 e. The fraction of sp³-hybridized carbons (Fsp3) is 1.00. The van der Waals surface area contributed by atoms with Gasteiger partial charge in [-0.3, -0.25) is 0 Å². The zero-order valence-electron chi connectivity index (χ0n) is 15.0. The van der Waals surface area contributed by atoms with Crippen molar-refractivity contribution in [3.05, 3.63) is 0 Å². The maximum atomic E-state index is 11.2. The third kappa shape index (κ3) is 1.93. The molecule has 0 aromatic rings. The maximum absolute atomic E-state index is 11.2. The Kier molecular flexibility index (Phi) is 3.37. The van der Waals surface area contributed by atoms with E-state index < -0.39 is 5.60 Å². The Bertz CT molecular complexity index is 503. The van der Waals surface area contributed by atoms with Crippen LogP contribution >= 0.6 is 0 Å². The molecule has 0 radical (unpaired) electrons. The molecule has 2 bridgehead atoms. The molecular formula is C20H34O3. The van der Waals surface area contributed by atoms with Crippen LogP contribution in [0.3, 0.4) is 0 Å². The predicted molar refractivity (Wildman–Crippen MR) is 89.8 cm³/mol. The fourth-order valence-electron chi connectivity index (χ4n) is 8.00. The monoisotopic (exact) mass is 322 g/mol. The SMILES string of the molecule is C[C@]1(CO)CCC[C@]2(C)[C@@H]1C[C@H](O)[C@@]13C[C@@H](CC[C@@H]21)[C@](C)(O)C3. The van der Waals surface area contributed by atoms with Crippen molar-refractivity contribution in [1.82, 2.24) is 0 Å². The second-order valence-electron chi connectivity index (χ2n) is 10.3. The van der Waals surface area contributed by atoms with E-state index >= 15 is 0 Å². The van der Waals surface area contributed by atoms with E-state index in [1.807, 2.05) is 6.92 Å². The van der Waals surface area contributed by atoms with Crippen LogP contribution in [0.2, 0.25) is 0 Å². The molecule has 3 nitrogen and oxygen atoms in total. The summed E-state index contributed by atoms with van der Waals surface area (Å²) in [6.07, 6.45) is 8.01. The van der Waals surface area contributed by atoms with Crippen molar-refractivity contribution in [3.8, 4) is 0 Å². The molecule has 0 saturated heterocycles. The molecule has 0 amide bonds. The average Bonchev–Trinajstić information content (AvgIpc) is 2.69. The lowest BCUT2D eigenvalue weighted by Gasteiger charge is -2.65. The molecular weight excluding hydrogens is 288 g/mol. The Balaban J connectivity index is 1.77. The number of hydrogen-bond donors (Lipinski definition) is 3. The van der Waals surface area contributed by atoms with Gasteiger partial charge in [-0.25, -0.2) is 0 Å². The van der Waals surface area contributed by atoms with Gasteiger partial charge in [0.1, 0.15) is 0 Å². The molecule has 1 spiro atoms. The van der Waals surface area contributed by atoms with Gasteiger partial charge in [-0.15, -0.1) is 0 Å². The molecule has 4 fully saturated rings. The topological polar surface area (TPSA) is 60.7 Å². The van der Waals surface area contributed by atoms with Crippen molar-refractivity contribution < 1.29 is 15.3 Å². The molecule has 0 unspecified atom stereocenters. The van der Waals surface area contributed by atoms with Crippen molar-refractivity contribution in [1.29, 1.82) is 0 Å². The molecule has 132 valence electrons. The summed E-state index contributed by atoms with van der Waals surface area (Å²) in [6, 6.07) is 0. The first-order chi connectivity index (χ1) is 10.7. The first-order valence-electron chi connectivity index (χ1n) is 9.69. The Morgan fingerprint density at radius 2 is 1.78 bits per heavy atom. The van der Waals surface area contributed by atoms with Crippen LogP contribution in [0.15, 0.2) is 0 Å². The van der Waals surface area contributed by atoms with E-state index in [-0.39, 0.29) is 29.0 Å². The van der Waals surface area contributed by atoms with Crippen LogP contribution in [0.1, 0.15) is 72.1 Å². The van der Waals surface area contributed by atoms with Gasteiger partial charge >= 0.3 is 0 Å². The second-order valence-corrected chi connectivity index (χ2v) is 10.3. The minimum absolute atomic E-state index is 0.0481. The van der Waals surface area contributed by atoms with Crippen molar-refractivity contribution in [2.24, 2.45) is 34.0 Å². The third-order valence-corrected chi connectivity index (χ3v) is 9.07. The first-order valence-corrected chi connectivity index (χ1v) is 9.69. The maximum Gasteiger partial charge on any atom is 0.0654 e. The van der Waals surface area contributed by atoms with Crippen molar-refractivity contribution >= 4 is 0 Å². The van der Waals surface area contributed by atoms with Gasteiger partial charge in [0.2, 0.25) is 0 Å². The minimum atomic E-state index is -0.603. The average molecular weight is 322 g/mol. The number of rotatable bonds is 1. The van der Waals surface area contributed by atoms with Crippen LogP contribution in [0.4, 0.5) is 0 Å². The molecule has 0 aromatic heterocycles. The highest BCUT2D eigenvalue weighted by Crippen LogP contribution is 2.72.